The van der Waals surface area contributed by atoms with Crippen LogP contribution >= 0.6 is 0 Å². The Bertz CT molecular complexity index is 3440. The average molecular weight is 1030 g/mol. The maximum Gasteiger partial charge on any atom is 0.135 e. The van der Waals surface area contributed by atoms with Crippen LogP contribution in [0.15, 0.2) is 152 Å². The zero-order chi connectivity index (χ0) is 44.1. The van der Waals surface area contributed by atoms with Crippen molar-refractivity contribution in [1.29, 1.82) is 0 Å². The van der Waals surface area contributed by atoms with Crippen LogP contribution in [0.1, 0.15) is 63.8 Å². The minimum absolute atomic E-state index is 0. The van der Waals surface area contributed by atoms with E-state index in [-0.39, 0.29) is 31.9 Å². The molecule has 11 rings (SSSR count). The van der Waals surface area contributed by atoms with Crippen molar-refractivity contribution in [3.05, 3.63) is 193 Å². The van der Waals surface area contributed by atoms with Gasteiger partial charge in [0.2, 0.25) is 0 Å². The Balaban J connectivity index is 0.00000498. The molecule has 1 aliphatic heterocycles. The number of aromatic nitrogens is 3. The fraction of sp³-hybridized carbons (Fsp3) is 0.172. The summed E-state index contributed by atoms with van der Waals surface area (Å²) in [5.74, 6) is 2.02. The van der Waals surface area contributed by atoms with Gasteiger partial charge in [0.1, 0.15) is 5.82 Å². The Morgan fingerprint density at radius 3 is 1.85 bits per heavy atom. The maximum atomic E-state index is 7.02. The van der Waals surface area contributed by atoms with Crippen molar-refractivity contribution in [2.24, 2.45) is 0 Å². The predicted octanol–water partition coefficient (Wildman–Crippen LogP) is 15.3. The first-order chi connectivity index (χ1) is 30.8. The van der Waals surface area contributed by atoms with E-state index in [9.17, 15) is 0 Å². The molecule has 0 radical (unpaired) electrons. The van der Waals surface area contributed by atoms with Gasteiger partial charge < -0.3 is 23.7 Å². The van der Waals surface area contributed by atoms with Gasteiger partial charge in [-0.2, -0.15) is 6.07 Å². The van der Waals surface area contributed by atoms with Gasteiger partial charge in [0, 0.05) is 72.5 Å². The van der Waals surface area contributed by atoms with Crippen molar-refractivity contribution in [1.82, 2.24) is 14.1 Å². The Labute approximate surface area is 396 Å². The van der Waals surface area contributed by atoms with Gasteiger partial charge in [-0.05, 0) is 112 Å². The second kappa shape index (κ2) is 15.8. The van der Waals surface area contributed by atoms with Crippen molar-refractivity contribution < 1.29 is 25.8 Å². The van der Waals surface area contributed by atoms with E-state index in [2.05, 4.69) is 233 Å². The molecular formula is C58H50N5OPt-3. The molecule has 0 fully saturated rings. The van der Waals surface area contributed by atoms with E-state index in [1.165, 1.54) is 27.9 Å². The summed E-state index contributed by atoms with van der Waals surface area (Å²) in [5.41, 5.74) is 14.4. The van der Waals surface area contributed by atoms with Crippen molar-refractivity contribution in [3.63, 3.8) is 0 Å². The van der Waals surface area contributed by atoms with Crippen LogP contribution in [0, 0.1) is 32.6 Å². The number of aryl methyl sites for hydroxylation is 2. The second-order valence-electron chi connectivity index (χ2n) is 19.2. The number of hydrogen-bond acceptors (Lipinski definition) is 4. The van der Waals surface area contributed by atoms with Crippen LogP contribution in [0.5, 0.6) is 11.5 Å². The minimum atomic E-state index is -0.0400. The Kier molecular flexibility index (Phi) is 10.3. The third-order valence-corrected chi connectivity index (χ3v) is 12.8. The summed E-state index contributed by atoms with van der Waals surface area (Å²) in [7, 11) is 0. The van der Waals surface area contributed by atoms with Gasteiger partial charge in [0.05, 0.1) is 0 Å². The van der Waals surface area contributed by atoms with E-state index in [1.807, 2.05) is 12.3 Å². The molecule has 0 atom stereocenters. The number of ether oxygens (including phenoxy) is 1. The fourth-order valence-electron chi connectivity index (χ4n) is 9.61. The van der Waals surface area contributed by atoms with Gasteiger partial charge in [-0.1, -0.05) is 137 Å². The molecule has 4 heterocycles. The van der Waals surface area contributed by atoms with Gasteiger partial charge in [-0.25, -0.2) is 4.98 Å². The molecule has 0 saturated heterocycles. The first kappa shape index (κ1) is 42.3. The number of para-hydroxylation sites is 5. The van der Waals surface area contributed by atoms with E-state index in [4.69, 9.17) is 9.72 Å². The number of anilines is 4. The molecular weight excluding hydrogens is 978 g/mol. The van der Waals surface area contributed by atoms with E-state index in [1.54, 1.807) is 0 Å². The molecule has 65 heavy (non-hydrogen) atoms. The number of benzene rings is 7. The van der Waals surface area contributed by atoms with Crippen molar-refractivity contribution in [2.45, 2.75) is 66.2 Å². The largest absolute Gasteiger partial charge is 0.509 e. The van der Waals surface area contributed by atoms with Gasteiger partial charge in [-0.15, -0.1) is 36.3 Å². The van der Waals surface area contributed by atoms with E-state index in [0.29, 0.717) is 11.5 Å². The van der Waals surface area contributed by atoms with E-state index < -0.39 is 0 Å². The maximum absolute atomic E-state index is 7.02. The third kappa shape index (κ3) is 7.10. The standard InChI is InChI=1S/C58H50N5O.Pt/c1-37-30-40(58(6,7)8)31-38(2)56(37)61-36-60(49-24-16-17-25-50(49)61)52-34-43(35-53-55(52)46-21-13-15-23-48(46)62(53)41-18-10-9-11-19-41)64-42-26-27-45-44-20-12-14-22-47(44)63(51(45)33-42)54-32-39(28-29-59-54)57(3,4)5;/h9-32,35-36H,1-8H3;/q-3;. The monoisotopic (exact) mass is 1030 g/mol. The Morgan fingerprint density at radius 1 is 0.538 bits per heavy atom. The number of fused-ring (bicyclic) bond motifs is 7. The van der Waals surface area contributed by atoms with Crippen LogP contribution in [0.4, 0.5) is 22.7 Å². The summed E-state index contributed by atoms with van der Waals surface area (Å²) in [6, 6.07) is 59.2. The summed E-state index contributed by atoms with van der Waals surface area (Å²) in [6.07, 6.45) is 1.91. The molecule has 0 N–H and O–H groups in total. The van der Waals surface area contributed by atoms with E-state index >= 15 is 0 Å². The SMILES string of the molecule is Cc1cc(C(C)(C)C)cc(C)c1N1[CH-]N(c2[c-]c(Oc3[c-]c4c(cc3)c3ccccc3n4-c3cc(C(C)(C)C)ccn3)cc3c2c2ccccc2n3-c2ccccc2)c2ccccc21.[Pt]. The molecule has 0 unspecified atom stereocenters. The van der Waals surface area contributed by atoms with Gasteiger partial charge >= 0.3 is 0 Å². The summed E-state index contributed by atoms with van der Waals surface area (Å²) in [5, 5.41) is 4.44. The summed E-state index contributed by atoms with van der Waals surface area (Å²) in [6.45, 7) is 20.2. The van der Waals surface area contributed by atoms with Crippen LogP contribution in [0.25, 0.3) is 55.1 Å². The van der Waals surface area contributed by atoms with Crippen molar-refractivity contribution in [2.75, 3.05) is 9.80 Å². The zero-order valence-electron chi connectivity index (χ0n) is 38.0. The number of hydrogen-bond donors (Lipinski definition) is 0. The number of rotatable bonds is 6. The fourth-order valence-corrected chi connectivity index (χ4v) is 9.61. The molecule has 326 valence electrons. The topological polar surface area (TPSA) is 38.5 Å². The molecule has 3 aromatic heterocycles. The first-order valence-corrected chi connectivity index (χ1v) is 22.1. The minimum Gasteiger partial charge on any atom is -0.509 e. The molecule has 6 nitrogen and oxygen atoms in total. The summed E-state index contributed by atoms with van der Waals surface area (Å²) >= 11 is 0. The number of pyridine rings is 1. The van der Waals surface area contributed by atoms with E-state index in [0.717, 1.165) is 72.2 Å². The quantitative estimate of drug-likeness (QED) is 0.156. The molecule has 0 aliphatic carbocycles. The van der Waals surface area contributed by atoms with Crippen LogP contribution in [-0.2, 0) is 31.9 Å². The average Bonchev–Trinajstić information content (AvgIpc) is 3.93. The summed E-state index contributed by atoms with van der Waals surface area (Å²) in [4.78, 5) is 9.55. The zero-order valence-corrected chi connectivity index (χ0v) is 40.2. The van der Waals surface area contributed by atoms with Gasteiger partial charge in [0.25, 0.3) is 0 Å². The third-order valence-electron chi connectivity index (χ3n) is 12.8. The van der Waals surface area contributed by atoms with Crippen LogP contribution in [-0.4, -0.2) is 14.1 Å². The molecule has 0 spiro atoms. The summed E-state index contributed by atoms with van der Waals surface area (Å²) < 4.78 is 11.6. The molecule has 0 amide bonds. The van der Waals surface area contributed by atoms with Crippen molar-refractivity contribution in [3.8, 4) is 23.0 Å². The smallest absolute Gasteiger partial charge is 0.135 e. The first-order valence-electron chi connectivity index (χ1n) is 22.1. The van der Waals surface area contributed by atoms with Gasteiger partial charge in [0.15, 0.2) is 0 Å². The molecule has 0 saturated carbocycles. The Hall–Kier alpha value is -6.62. The molecule has 10 aromatic rings. The molecule has 7 heteroatoms. The molecule has 0 bridgehead atoms. The Morgan fingerprint density at radius 2 is 1.15 bits per heavy atom. The molecule has 1 aliphatic rings. The molecule has 7 aromatic carbocycles. The van der Waals surface area contributed by atoms with Crippen LogP contribution in [0.3, 0.4) is 0 Å². The second-order valence-corrected chi connectivity index (χ2v) is 19.2. The van der Waals surface area contributed by atoms with Crippen LogP contribution < -0.4 is 14.5 Å². The number of nitrogens with zero attached hydrogens (tertiary/aromatic N) is 5. The van der Waals surface area contributed by atoms with Crippen molar-refractivity contribution >= 4 is 66.4 Å². The van der Waals surface area contributed by atoms with Gasteiger partial charge in [-0.3, -0.25) is 0 Å². The van der Waals surface area contributed by atoms with Crippen LogP contribution in [0.2, 0.25) is 0 Å². The predicted molar refractivity (Wildman–Crippen MR) is 265 cm³/mol. The normalized spacial score (nSPS) is 13.0.